The minimum Gasteiger partial charge on any atom is -0.496 e. The van der Waals surface area contributed by atoms with Crippen molar-refractivity contribution < 1.29 is 4.74 Å². The molecular formula is C18H22INO. The van der Waals surface area contributed by atoms with Gasteiger partial charge in [-0.3, -0.25) is 0 Å². The minimum absolute atomic E-state index is 0.150. The molecule has 0 saturated carbocycles. The SMILES string of the molecule is CCNC(c1ccccc1I)c1ccc(C)c(C)c1OC. The molecule has 2 aromatic rings. The lowest BCUT2D eigenvalue weighted by atomic mass is 9.94. The first-order valence-corrected chi connectivity index (χ1v) is 8.29. The fourth-order valence-electron chi connectivity index (χ4n) is 2.61. The molecule has 0 aliphatic carbocycles. The third-order valence-electron chi connectivity index (χ3n) is 3.85. The predicted octanol–water partition coefficient (Wildman–Crippen LogP) is 4.62. The molecule has 0 bridgehead atoms. The minimum atomic E-state index is 0.150. The molecule has 0 saturated heterocycles. The van der Waals surface area contributed by atoms with E-state index in [1.165, 1.54) is 25.8 Å². The molecule has 0 amide bonds. The van der Waals surface area contributed by atoms with Gasteiger partial charge in [0.2, 0.25) is 0 Å². The highest BCUT2D eigenvalue weighted by Crippen LogP contribution is 2.35. The van der Waals surface area contributed by atoms with Crippen molar-refractivity contribution in [3.8, 4) is 5.75 Å². The zero-order valence-electron chi connectivity index (χ0n) is 13.0. The molecule has 3 heteroatoms. The second-order valence-electron chi connectivity index (χ2n) is 5.14. The van der Waals surface area contributed by atoms with Gasteiger partial charge in [-0.25, -0.2) is 0 Å². The Hall–Kier alpha value is -1.07. The fraction of sp³-hybridized carbons (Fsp3) is 0.333. The van der Waals surface area contributed by atoms with Gasteiger partial charge in [0.25, 0.3) is 0 Å². The van der Waals surface area contributed by atoms with E-state index in [9.17, 15) is 0 Å². The van der Waals surface area contributed by atoms with Gasteiger partial charge in [-0.15, -0.1) is 0 Å². The molecule has 0 heterocycles. The lowest BCUT2D eigenvalue weighted by Gasteiger charge is -2.24. The second kappa shape index (κ2) is 7.27. The van der Waals surface area contributed by atoms with Crippen molar-refractivity contribution in [3.63, 3.8) is 0 Å². The highest BCUT2D eigenvalue weighted by molar-refractivity contribution is 14.1. The van der Waals surface area contributed by atoms with Crippen LogP contribution >= 0.6 is 22.6 Å². The fourth-order valence-corrected chi connectivity index (χ4v) is 3.31. The van der Waals surface area contributed by atoms with Crippen LogP contribution in [0.15, 0.2) is 36.4 Å². The molecule has 0 fully saturated rings. The Balaban J connectivity index is 2.59. The van der Waals surface area contributed by atoms with Crippen molar-refractivity contribution in [2.45, 2.75) is 26.8 Å². The van der Waals surface area contributed by atoms with Crippen LogP contribution in [0.2, 0.25) is 0 Å². The highest BCUT2D eigenvalue weighted by atomic mass is 127. The molecule has 2 nitrogen and oxygen atoms in total. The molecule has 0 aliphatic heterocycles. The first-order chi connectivity index (χ1) is 10.1. The van der Waals surface area contributed by atoms with Crippen LogP contribution in [0.5, 0.6) is 5.75 Å². The largest absolute Gasteiger partial charge is 0.496 e. The Labute approximate surface area is 141 Å². The number of ether oxygens (including phenoxy) is 1. The summed E-state index contributed by atoms with van der Waals surface area (Å²) in [5.74, 6) is 0.987. The monoisotopic (exact) mass is 395 g/mol. The normalized spacial score (nSPS) is 12.2. The topological polar surface area (TPSA) is 21.3 Å². The summed E-state index contributed by atoms with van der Waals surface area (Å²) < 4.78 is 6.97. The summed E-state index contributed by atoms with van der Waals surface area (Å²) in [6.45, 7) is 7.29. The van der Waals surface area contributed by atoms with Crippen LogP contribution in [-0.2, 0) is 0 Å². The van der Waals surface area contributed by atoms with E-state index in [0.29, 0.717) is 0 Å². The molecule has 1 atom stereocenters. The van der Waals surface area contributed by atoms with E-state index in [0.717, 1.165) is 12.3 Å². The molecule has 1 unspecified atom stereocenters. The third-order valence-corrected chi connectivity index (χ3v) is 4.83. The lowest BCUT2D eigenvalue weighted by Crippen LogP contribution is -2.23. The Bertz CT molecular complexity index is 625. The van der Waals surface area contributed by atoms with Crippen LogP contribution in [-0.4, -0.2) is 13.7 Å². The van der Waals surface area contributed by atoms with E-state index in [1.807, 2.05) is 0 Å². The van der Waals surface area contributed by atoms with Crippen LogP contribution < -0.4 is 10.1 Å². The van der Waals surface area contributed by atoms with Gasteiger partial charge in [0.15, 0.2) is 0 Å². The lowest BCUT2D eigenvalue weighted by molar-refractivity contribution is 0.400. The Morgan fingerprint density at radius 2 is 1.81 bits per heavy atom. The molecule has 112 valence electrons. The van der Waals surface area contributed by atoms with Gasteiger partial charge in [-0.2, -0.15) is 0 Å². The van der Waals surface area contributed by atoms with Crippen LogP contribution in [0.25, 0.3) is 0 Å². The van der Waals surface area contributed by atoms with Gasteiger partial charge in [-0.05, 0) is 65.7 Å². The number of nitrogens with one attached hydrogen (secondary N) is 1. The van der Waals surface area contributed by atoms with E-state index in [4.69, 9.17) is 4.74 Å². The number of hydrogen-bond acceptors (Lipinski definition) is 2. The summed E-state index contributed by atoms with van der Waals surface area (Å²) in [6, 6.07) is 13.0. The maximum Gasteiger partial charge on any atom is 0.127 e. The second-order valence-corrected chi connectivity index (χ2v) is 6.30. The average molecular weight is 395 g/mol. The van der Waals surface area contributed by atoms with Crippen molar-refractivity contribution in [1.82, 2.24) is 5.32 Å². The third kappa shape index (κ3) is 3.40. The number of methoxy groups -OCH3 is 1. The molecule has 0 aromatic heterocycles. The molecule has 0 radical (unpaired) electrons. The Morgan fingerprint density at radius 1 is 1.10 bits per heavy atom. The molecule has 0 aliphatic rings. The maximum absolute atomic E-state index is 5.70. The number of aryl methyl sites for hydroxylation is 1. The zero-order chi connectivity index (χ0) is 15.4. The van der Waals surface area contributed by atoms with Crippen molar-refractivity contribution in [1.29, 1.82) is 0 Å². The van der Waals surface area contributed by atoms with Crippen LogP contribution in [0, 0.1) is 17.4 Å². The summed E-state index contributed by atoms with van der Waals surface area (Å²) in [5, 5.41) is 3.59. The molecule has 21 heavy (non-hydrogen) atoms. The van der Waals surface area contributed by atoms with Gasteiger partial charge in [0.1, 0.15) is 5.75 Å². The van der Waals surface area contributed by atoms with Crippen molar-refractivity contribution >= 4 is 22.6 Å². The van der Waals surface area contributed by atoms with Gasteiger partial charge in [0, 0.05) is 9.13 Å². The highest BCUT2D eigenvalue weighted by Gasteiger charge is 2.21. The van der Waals surface area contributed by atoms with E-state index in [-0.39, 0.29) is 6.04 Å². The quantitative estimate of drug-likeness (QED) is 0.747. The summed E-state index contributed by atoms with van der Waals surface area (Å²) in [7, 11) is 1.75. The summed E-state index contributed by atoms with van der Waals surface area (Å²) in [4.78, 5) is 0. The predicted molar refractivity (Wildman–Crippen MR) is 97.1 cm³/mol. The summed E-state index contributed by atoms with van der Waals surface area (Å²) in [5.41, 5.74) is 4.96. The van der Waals surface area contributed by atoms with Crippen molar-refractivity contribution in [2.75, 3.05) is 13.7 Å². The van der Waals surface area contributed by atoms with E-state index in [2.05, 4.69) is 85.1 Å². The van der Waals surface area contributed by atoms with Crippen molar-refractivity contribution in [3.05, 3.63) is 62.2 Å². The van der Waals surface area contributed by atoms with Gasteiger partial charge in [0.05, 0.1) is 13.2 Å². The van der Waals surface area contributed by atoms with Gasteiger partial charge < -0.3 is 10.1 Å². The number of halogens is 1. The van der Waals surface area contributed by atoms with Crippen LogP contribution in [0.3, 0.4) is 0 Å². The number of benzene rings is 2. The number of hydrogen-bond donors (Lipinski definition) is 1. The first kappa shape index (κ1) is 16.3. The smallest absolute Gasteiger partial charge is 0.127 e. The van der Waals surface area contributed by atoms with Crippen molar-refractivity contribution in [2.24, 2.45) is 0 Å². The average Bonchev–Trinajstić information content (AvgIpc) is 2.48. The molecule has 2 rings (SSSR count). The first-order valence-electron chi connectivity index (χ1n) is 7.22. The molecular weight excluding hydrogens is 373 g/mol. The Kier molecular flexibility index (Phi) is 5.65. The van der Waals surface area contributed by atoms with Gasteiger partial charge in [-0.1, -0.05) is 37.3 Å². The van der Waals surface area contributed by atoms with E-state index < -0.39 is 0 Å². The standard InChI is InChI=1S/C18H22INO/c1-5-20-17(14-8-6-7-9-16(14)19)15-11-10-12(2)13(3)18(15)21-4/h6-11,17,20H,5H2,1-4H3. The molecule has 1 N–H and O–H groups in total. The maximum atomic E-state index is 5.70. The van der Waals surface area contributed by atoms with Crippen LogP contribution in [0.1, 0.15) is 35.2 Å². The summed E-state index contributed by atoms with van der Waals surface area (Å²) in [6.07, 6.45) is 0. The van der Waals surface area contributed by atoms with Gasteiger partial charge >= 0.3 is 0 Å². The molecule has 0 spiro atoms. The van der Waals surface area contributed by atoms with E-state index in [1.54, 1.807) is 7.11 Å². The zero-order valence-corrected chi connectivity index (χ0v) is 15.2. The summed E-state index contributed by atoms with van der Waals surface area (Å²) >= 11 is 2.40. The number of rotatable bonds is 5. The van der Waals surface area contributed by atoms with Crippen LogP contribution in [0.4, 0.5) is 0 Å². The Morgan fingerprint density at radius 3 is 2.43 bits per heavy atom. The molecule has 2 aromatic carbocycles. The van der Waals surface area contributed by atoms with E-state index >= 15 is 0 Å².